The number of hydrogen-bond acceptors (Lipinski definition) is 6. The van der Waals surface area contributed by atoms with E-state index in [0.29, 0.717) is 6.61 Å². The van der Waals surface area contributed by atoms with Gasteiger partial charge in [-0.25, -0.2) is 0 Å². The van der Waals surface area contributed by atoms with Gasteiger partial charge in [0.15, 0.2) is 0 Å². The van der Waals surface area contributed by atoms with Crippen molar-refractivity contribution in [3.05, 3.63) is 34.8 Å². The number of nitrogens with one attached hydrogen (secondary N) is 1. The van der Waals surface area contributed by atoms with Crippen molar-refractivity contribution in [2.75, 3.05) is 24.8 Å². The maximum atomic E-state index is 12.0. The van der Waals surface area contributed by atoms with Crippen molar-refractivity contribution >= 4 is 28.1 Å². The summed E-state index contributed by atoms with van der Waals surface area (Å²) >= 11 is 1.06. The van der Waals surface area contributed by atoms with Crippen molar-refractivity contribution in [1.82, 2.24) is 10.2 Å². The Morgan fingerprint density at radius 1 is 1.42 bits per heavy atom. The van der Waals surface area contributed by atoms with Crippen molar-refractivity contribution in [2.24, 2.45) is 0 Å². The quantitative estimate of drug-likeness (QED) is 0.866. The lowest BCUT2D eigenvalue weighted by Gasteiger charge is -2.09. The SMILES string of the molecule is COCCc1ccccc1NC(=O)c1nnc(N)s1. The number of rotatable bonds is 5. The zero-order valence-electron chi connectivity index (χ0n) is 10.4. The first-order valence-electron chi connectivity index (χ1n) is 5.68. The predicted octanol–water partition coefficient (Wildman–Crippen LogP) is 1.56. The van der Waals surface area contributed by atoms with Crippen LogP contribution < -0.4 is 11.1 Å². The Morgan fingerprint density at radius 2 is 2.21 bits per heavy atom. The molecule has 0 saturated heterocycles. The molecule has 2 aromatic rings. The lowest BCUT2D eigenvalue weighted by atomic mass is 10.1. The van der Waals surface area contributed by atoms with Gasteiger partial charge in [0.2, 0.25) is 10.1 Å². The number of nitrogens with zero attached hydrogens (tertiary/aromatic N) is 2. The van der Waals surface area contributed by atoms with Gasteiger partial charge in [0, 0.05) is 12.8 Å². The minimum absolute atomic E-state index is 0.249. The molecule has 1 amide bonds. The van der Waals surface area contributed by atoms with Crippen molar-refractivity contribution in [3.8, 4) is 0 Å². The average Bonchev–Trinajstić information content (AvgIpc) is 2.84. The fourth-order valence-electron chi connectivity index (χ4n) is 1.57. The Morgan fingerprint density at radius 3 is 2.89 bits per heavy atom. The van der Waals surface area contributed by atoms with Crippen molar-refractivity contribution < 1.29 is 9.53 Å². The molecule has 0 aliphatic heterocycles. The molecule has 2 rings (SSSR count). The summed E-state index contributed by atoms with van der Waals surface area (Å²) in [6.07, 6.45) is 0.727. The molecule has 1 heterocycles. The Balaban J connectivity index is 2.12. The van der Waals surface area contributed by atoms with Crippen LogP contribution >= 0.6 is 11.3 Å². The molecule has 1 aromatic carbocycles. The molecule has 0 saturated carbocycles. The van der Waals surface area contributed by atoms with Crippen LogP contribution in [0.4, 0.5) is 10.8 Å². The third-order valence-corrected chi connectivity index (χ3v) is 3.23. The van der Waals surface area contributed by atoms with E-state index in [9.17, 15) is 4.79 Å². The third kappa shape index (κ3) is 3.49. The molecule has 19 heavy (non-hydrogen) atoms. The highest BCUT2D eigenvalue weighted by Crippen LogP contribution is 2.18. The molecule has 100 valence electrons. The number of carbonyl (C=O) groups excluding carboxylic acids is 1. The van der Waals surface area contributed by atoms with Crippen LogP contribution in [0.25, 0.3) is 0 Å². The molecule has 0 aliphatic carbocycles. The molecular formula is C12H14N4O2S. The number of amides is 1. The number of nitrogen functional groups attached to an aromatic ring is 1. The van der Waals surface area contributed by atoms with E-state index in [1.807, 2.05) is 24.3 Å². The monoisotopic (exact) mass is 278 g/mol. The summed E-state index contributed by atoms with van der Waals surface area (Å²) in [4.78, 5) is 12.0. The number of hydrogen-bond donors (Lipinski definition) is 2. The summed E-state index contributed by atoms with van der Waals surface area (Å²) in [5, 5.41) is 10.7. The highest BCUT2D eigenvalue weighted by Gasteiger charge is 2.13. The van der Waals surface area contributed by atoms with Crippen LogP contribution in [0, 0.1) is 0 Å². The van der Waals surface area contributed by atoms with Crippen molar-refractivity contribution in [2.45, 2.75) is 6.42 Å². The van der Waals surface area contributed by atoms with E-state index in [2.05, 4.69) is 15.5 Å². The van der Waals surface area contributed by atoms with Gasteiger partial charge in [-0.1, -0.05) is 29.5 Å². The smallest absolute Gasteiger partial charge is 0.286 e. The number of ether oxygens (including phenoxy) is 1. The molecule has 0 bridgehead atoms. The fourth-order valence-corrected chi connectivity index (χ4v) is 2.08. The second kappa shape index (κ2) is 6.26. The largest absolute Gasteiger partial charge is 0.384 e. The molecule has 0 fully saturated rings. The number of carbonyl (C=O) groups is 1. The number of methoxy groups -OCH3 is 1. The predicted molar refractivity (Wildman–Crippen MR) is 74.3 cm³/mol. The molecule has 0 aliphatic rings. The number of benzene rings is 1. The first-order valence-corrected chi connectivity index (χ1v) is 6.49. The summed E-state index contributed by atoms with van der Waals surface area (Å²) < 4.78 is 5.04. The van der Waals surface area contributed by atoms with Gasteiger partial charge < -0.3 is 15.8 Å². The third-order valence-electron chi connectivity index (χ3n) is 2.48. The molecule has 0 unspecified atom stereocenters. The molecule has 6 nitrogen and oxygen atoms in total. The summed E-state index contributed by atoms with van der Waals surface area (Å²) in [6, 6.07) is 7.57. The second-order valence-corrected chi connectivity index (χ2v) is 4.81. The number of anilines is 2. The van der Waals surface area contributed by atoms with Gasteiger partial charge in [-0.3, -0.25) is 4.79 Å². The zero-order chi connectivity index (χ0) is 13.7. The Bertz CT molecular complexity index is 570. The van der Waals surface area contributed by atoms with Crippen LogP contribution in [0.1, 0.15) is 15.4 Å². The molecule has 0 atom stereocenters. The van der Waals surface area contributed by atoms with Gasteiger partial charge in [-0.05, 0) is 18.1 Å². The lowest BCUT2D eigenvalue weighted by Crippen LogP contribution is -2.13. The van der Waals surface area contributed by atoms with Crippen LogP contribution in [0.5, 0.6) is 0 Å². The molecule has 7 heteroatoms. The minimum atomic E-state index is -0.306. The maximum Gasteiger partial charge on any atom is 0.286 e. The van der Waals surface area contributed by atoms with Gasteiger partial charge in [0.1, 0.15) is 0 Å². The highest BCUT2D eigenvalue weighted by atomic mass is 32.1. The summed E-state index contributed by atoms with van der Waals surface area (Å²) in [5.41, 5.74) is 7.21. The lowest BCUT2D eigenvalue weighted by molar-refractivity contribution is 0.102. The topological polar surface area (TPSA) is 90.1 Å². The normalized spacial score (nSPS) is 10.4. The second-order valence-electron chi connectivity index (χ2n) is 3.80. The van der Waals surface area contributed by atoms with Gasteiger partial charge in [0.25, 0.3) is 5.91 Å². The minimum Gasteiger partial charge on any atom is -0.384 e. The van der Waals surface area contributed by atoms with Crippen LogP contribution in [-0.2, 0) is 11.2 Å². The molecule has 0 spiro atoms. The fraction of sp³-hybridized carbons (Fsp3) is 0.250. The number of aromatic nitrogens is 2. The van der Waals surface area contributed by atoms with Crippen LogP contribution in [0.2, 0.25) is 0 Å². The van der Waals surface area contributed by atoms with Crippen LogP contribution in [0.15, 0.2) is 24.3 Å². The van der Waals surface area contributed by atoms with Gasteiger partial charge in [-0.15, -0.1) is 10.2 Å². The number of para-hydroxylation sites is 1. The van der Waals surface area contributed by atoms with Gasteiger partial charge >= 0.3 is 0 Å². The van der Waals surface area contributed by atoms with E-state index >= 15 is 0 Å². The molecule has 3 N–H and O–H groups in total. The van der Waals surface area contributed by atoms with Gasteiger partial charge in [-0.2, -0.15) is 0 Å². The first-order chi connectivity index (χ1) is 9.20. The summed E-state index contributed by atoms with van der Waals surface area (Å²) in [7, 11) is 1.64. The van der Waals surface area contributed by atoms with Crippen LogP contribution in [0.3, 0.4) is 0 Å². The average molecular weight is 278 g/mol. The van der Waals surface area contributed by atoms with E-state index in [1.165, 1.54) is 0 Å². The highest BCUT2D eigenvalue weighted by molar-refractivity contribution is 7.16. The van der Waals surface area contributed by atoms with Crippen molar-refractivity contribution in [1.29, 1.82) is 0 Å². The zero-order valence-corrected chi connectivity index (χ0v) is 11.2. The maximum absolute atomic E-state index is 12.0. The Kier molecular flexibility index (Phi) is 4.43. The van der Waals surface area contributed by atoms with Crippen LogP contribution in [-0.4, -0.2) is 29.8 Å². The molecule has 1 aromatic heterocycles. The number of nitrogens with two attached hydrogens (primary N) is 1. The van der Waals surface area contributed by atoms with E-state index in [1.54, 1.807) is 7.11 Å². The Hall–Kier alpha value is -1.99. The first kappa shape index (κ1) is 13.4. The standard InChI is InChI=1S/C12H14N4O2S/c1-18-7-6-8-4-2-3-5-9(8)14-10(17)11-15-16-12(13)19-11/h2-5H,6-7H2,1H3,(H2,13,16)(H,14,17). The van der Waals surface area contributed by atoms with E-state index in [-0.39, 0.29) is 16.0 Å². The summed E-state index contributed by atoms with van der Waals surface area (Å²) in [5.74, 6) is -0.306. The van der Waals surface area contributed by atoms with Crippen molar-refractivity contribution in [3.63, 3.8) is 0 Å². The molecular weight excluding hydrogens is 264 g/mol. The van der Waals surface area contributed by atoms with E-state index < -0.39 is 0 Å². The summed E-state index contributed by atoms with van der Waals surface area (Å²) in [6.45, 7) is 0.596. The molecule has 0 radical (unpaired) electrons. The van der Waals surface area contributed by atoms with Gasteiger partial charge in [0.05, 0.1) is 6.61 Å². The van der Waals surface area contributed by atoms with E-state index in [0.717, 1.165) is 29.0 Å². The van der Waals surface area contributed by atoms with E-state index in [4.69, 9.17) is 10.5 Å². The Labute approximate surface area is 114 Å².